The summed E-state index contributed by atoms with van der Waals surface area (Å²) in [6.07, 6.45) is 2.70. The highest BCUT2D eigenvalue weighted by Gasteiger charge is 2.13. The molecule has 0 aliphatic rings. The van der Waals surface area contributed by atoms with Crippen molar-refractivity contribution in [3.05, 3.63) is 35.5 Å². The molecule has 0 aliphatic heterocycles. The molecule has 2 heterocycles. The Bertz CT molecular complexity index is 763. The van der Waals surface area contributed by atoms with E-state index in [1.54, 1.807) is 25.6 Å². The summed E-state index contributed by atoms with van der Waals surface area (Å²) < 4.78 is 12.8. The van der Waals surface area contributed by atoms with Crippen molar-refractivity contribution in [2.24, 2.45) is 5.73 Å². The lowest BCUT2D eigenvalue weighted by molar-refractivity contribution is 0.355. The smallest absolute Gasteiger partial charge is 0.194 e. The molecule has 0 amide bonds. The topological polar surface area (TPSA) is 61.8 Å². The number of ether oxygens (including phenoxy) is 2. The minimum Gasteiger partial charge on any atom is -0.493 e. The van der Waals surface area contributed by atoms with Gasteiger partial charge in [-0.2, -0.15) is 0 Å². The van der Waals surface area contributed by atoms with Crippen molar-refractivity contribution in [1.82, 2.24) is 9.38 Å². The first-order chi connectivity index (χ1) is 10.3. The van der Waals surface area contributed by atoms with Crippen LogP contribution >= 0.6 is 11.3 Å². The molecule has 110 valence electrons. The number of rotatable bonds is 5. The summed E-state index contributed by atoms with van der Waals surface area (Å²) in [5.74, 6) is 1.44. The van der Waals surface area contributed by atoms with Gasteiger partial charge < -0.3 is 15.2 Å². The first-order valence-electron chi connectivity index (χ1n) is 6.64. The number of thiazole rings is 1. The van der Waals surface area contributed by atoms with Crippen molar-refractivity contribution in [2.75, 3.05) is 20.8 Å². The highest BCUT2D eigenvalue weighted by molar-refractivity contribution is 7.15. The van der Waals surface area contributed by atoms with Crippen molar-refractivity contribution < 1.29 is 9.47 Å². The first kappa shape index (κ1) is 13.9. The number of hydrogen-bond acceptors (Lipinski definition) is 5. The normalized spacial score (nSPS) is 11.0. The Balaban J connectivity index is 2.13. The Morgan fingerprint density at radius 1 is 1.24 bits per heavy atom. The summed E-state index contributed by atoms with van der Waals surface area (Å²) in [6.45, 7) is 0.606. The number of nitrogens with zero attached hydrogens (tertiary/aromatic N) is 2. The number of fused-ring (bicyclic) bond motifs is 1. The van der Waals surface area contributed by atoms with Crippen molar-refractivity contribution >= 4 is 16.3 Å². The molecule has 0 fully saturated rings. The van der Waals surface area contributed by atoms with Crippen LogP contribution in [0.15, 0.2) is 29.8 Å². The van der Waals surface area contributed by atoms with Gasteiger partial charge in [-0.3, -0.25) is 4.40 Å². The molecule has 2 aromatic heterocycles. The molecule has 0 spiro atoms. The monoisotopic (exact) mass is 303 g/mol. The molecule has 21 heavy (non-hydrogen) atoms. The van der Waals surface area contributed by atoms with Crippen LogP contribution in [0.4, 0.5) is 0 Å². The lowest BCUT2D eigenvalue weighted by atomic mass is 10.1. The molecule has 0 unspecified atom stereocenters. The quantitative estimate of drug-likeness (QED) is 0.787. The van der Waals surface area contributed by atoms with Gasteiger partial charge in [0.05, 0.1) is 26.1 Å². The molecule has 0 radical (unpaired) electrons. The third kappa shape index (κ3) is 2.36. The standard InChI is InChI=1S/C15H17N3O2S/c1-19-13-4-3-10(7-14(13)20-2)12-9-21-15-17-8-11(5-6-16)18(12)15/h3-4,7-9H,5-6,16H2,1-2H3. The van der Waals surface area contributed by atoms with Gasteiger partial charge in [-0.25, -0.2) is 4.98 Å². The van der Waals surface area contributed by atoms with Crippen LogP contribution in [0.25, 0.3) is 16.2 Å². The van der Waals surface area contributed by atoms with Gasteiger partial charge in [0, 0.05) is 23.1 Å². The van der Waals surface area contributed by atoms with E-state index < -0.39 is 0 Å². The van der Waals surface area contributed by atoms with Gasteiger partial charge in [-0.1, -0.05) is 0 Å². The van der Waals surface area contributed by atoms with E-state index in [2.05, 4.69) is 14.8 Å². The highest BCUT2D eigenvalue weighted by Crippen LogP contribution is 2.34. The summed E-state index contributed by atoms with van der Waals surface area (Å²) in [5, 5.41) is 2.10. The predicted molar refractivity (Wildman–Crippen MR) is 84.4 cm³/mol. The van der Waals surface area contributed by atoms with E-state index in [4.69, 9.17) is 15.2 Å². The molecule has 5 nitrogen and oxygen atoms in total. The Labute approximate surface area is 126 Å². The Morgan fingerprint density at radius 2 is 2.05 bits per heavy atom. The number of hydrogen-bond donors (Lipinski definition) is 1. The second-order valence-electron chi connectivity index (χ2n) is 4.60. The van der Waals surface area contributed by atoms with Crippen LogP contribution in [0.3, 0.4) is 0 Å². The van der Waals surface area contributed by atoms with E-state index in [1.807, 2.05) is 24.4 Å². The SMILES string of the molecule is COc1ccc(-c2csc3ncc(CCN)n23)cc1OC. The van der Waals surface area contributed by atoms with Crippen LogP contribution in [-0.2, 0) is 6.42 Å². The number of aromatic nitrogens is 2. The van der Waals surface area contributed by atoms with Crippen molar-refractivity contribution in [2.45, 2.75) is 6.42 Å². The van der Waals surface area contributed by atoms with Crippen LogP contribution in [0.2, 0.25) is 0 Å². The zero-order valence-electron chi connectivity index (χ0n) is 12.0. The average molecular weight is 303 g/mol. The lowest BCUT2D eigenvalue weighted by Crippen LogP contribution is -2.05. The third-order valence-electron chi connectivity index (χ3n) is 3.40. The van der Waals surface area contributed by atoms with E-state index in [0.717, 1.165) is 39.8 Å². The maximum atomic E-state index is 5.68. The Hall–Kier alpha value is -2.05. The first-order valence-corrected chi connectivity index (χ1v) is 7.52. The van der Waals surface area contributed by atoms with Crippen LogP contribution in [0.1, 0.15) is 5.69 Å². The van der Waals surface area contributed by atoms with E-state index in [-0.39, 0.29) is 0 Å². The van der Waals surface area contributed by atoms with Crippen molar-refractivity contribution in [3.8, 4) is 22.8 Å². The molecule has 0 atom stereocenters. The zero-order valence-corrected chi connectivity index (χ0v) is 12.8. The molecule has 1 aromatic carbocycles. The van der Waals surface area contributed by atoms with Gasteiger partial charge in [0.1, 0.15) is 0 Å². The van der Waals surface area contributed by atoms with Gasteiger partial charge in [0.25, 0.3) is 0 Å². The fraction of sp³-hybridized carbons (Fsp3) is 0.267. The van der Waals surface area contributed by atoms with Crippen molar-refractivity contribution in [1.29, 1.82) is 0 Å². The lowest BCUT2D eigenvalue weighted by Gasteiger charge is -2.10. The number of benzene rings is 1. The molecule has 0 bridgehead atoms. The Morgan fingerprint density at radius 3 is 2.76 bits per heavy atom. The van der Waals surface area contributed by atoms with E-state index >= 15 is 0 Å². The number of methoxy groups -OCH3 is 2. The summed E-state index contributed by atoms with van der Waals surface area (Å²) in [6, 6.07) is 5.92. The van der Waals surface area contributed by atoms with Crippen molar-refractivity contribution in [3.63, 3.8) is 0 Å². The van der Waals surface area contributed by atoms with Gasteiger partial charge in [0.2, 0.25) is 0 Å². The predicted octanol–water partition coefficient (Wildman–Crippen LogP) is 2.58. The van der Waals surface area contributed by atoms with E-state index in [1.165, 1.54) is 0 Å². The molecule has 0 saturated heterocycles. The van der Waals surface area contributed by atoms with Crippen LogP contribution in [0, 0.1) is 0 Å². The molecule has 0 aliphatic carbocycles. The third-order valence-corrected chi connectivity index (χ3v) is 4.24. The summed E-state index contributed by atoms with van der Waals surface area (Å²) in [7, 11) is 3.28. The molecule has 2 N–H and O–H groups in total. The molecule has 6 heteroatoms. The highest BCUT2D eigenvalue weighted by atomic mass is 32.1. The maximum absolute atomic E-state index is 5.68. The van der Waals surface area contributed by atoms with E-state index in [9.17, 15) is 0 Å². The van der Waals surface area contributed by atoms with Gasteiger partial charge >= 0.3 is 0 Å². The number of imidazole rings is 1. The summed E-state index contributed by atoms with van der Waals surface area (Å²) in [4.78, 5) is 5.40. The average Bonchev–Trinajstić information content (AvgIpc) is 3.10. The Kier molecular flexibility index (Phi) is 3.81. The van der Waals surface area contributed by atoms with Crippen LogP contribution in [-0.4, -0.2) is 30.1 Å². The molecule has 3 aromatic rings. The van der Waals surface area contributed by atoms with Gasteiger partial charge in [-0.15, -0.1) is 11.3 Å². The minimum absolute atomic E-state index is 0.606. The van der Waals surface area contributed by atoms with Crippen LogP contribution in [0.5, 0.6) is 11.5 Å². The molecule has 0 saturated carbocycles. The second kappa shape index (κ2) is 5.75. The summed E-state index contributed by atoms with van der Waals surface area (Å²) >= 11 is 1.62. The summed E-state index contributed by atoms with van der Waals surface area (Å²) in [5.41, 5.74) is 8.96. The number of nitrogens with two attached hydrogens (primary N) is 1. The largest absolute Gasteiger partial charge is 0.493 e. The minimum atomic E-state index is 0.606. The zero-order chi connectivity index (χ0) is 14.8. The fourth-order valence-corrected chi connectivity index (χ4v) is 3.28. The second-order valence-corrected chi connectivity index (χ2v) is 5.43. The van der Waals surface area contributed by atoms with Gasteiger partial charge in [0.15, 0.2) is 16.5 Å². The molecule has 3 rings (SSSR count). The maximum Gasteiger partial charge on any atom is 0.194 e. The fourth-order valence-electron chi connectivity index (χ4n) is 2.39. The molecular formula is C15H17N3O2S. The van der Waals surface area contributed by atoms with Gasteiger partial charge in [-0.05, 0) is 24.7 Å². The van der Waals surface area contributed by atoms with Crippen LogP contribution < -0.4 is 15.2 Å². The van der Waals surface area contributed by atoms with E-state index in [0.29, 0.717) is 6.54 Å². The molecular weight excluding hydrogens is 286 g/mol.